The van der Waals surface area contributed by atoms with E-state index in [1.54, 1.807) is 6.08 Å². The van der Waals surface area contributed by atoms with E-state index in [4.69, 9.17) is 12.2 Å². The molecule has 2 N–H and O–H groups in total. The number of nitrogens with one attached hydrogen (secondary N) is 2. The number of nitrogens with zero attached hydrogens (tertiary/aromatic N) is 1. The van der Waals surface area contributed by atoms with Gasteiger partial charge >= 0.3 is 193 Å². The number of anilines is 3. The van der Waals surface area contributed by atoms with E-state index in [0.29, 0.717) is 0 Å². The third kappa shape index (κ3) is 3.32. The van der Waals surface area contributed by atoms with Crippen LogP contribution < -0.4 is 25.9 Å². The Kier molecular flexibility index (Phi) is 4.82. The van der Waals surface area contributed by atoms with Crippen LogP contribution in [0.2, 0.25) is 13.1 Å². The zero-order chi connectivity index (χ0) is 21.8. The second-order valence-electron chi connectivity index (χ2n) is 7.97. The van der Waals surface area contributed by atoms with Gasteiger partial charge in [-0.1, -0.05) is 0 Å². The molecule has 2 aliphatic rings. The molecule has 3 aromatic rings. The SMILES string of the molecule is C[Si]1(C)c2ccccc2N(c2ccc(C=C3C(=O)NC(=S)NC3=O)[se]2)c2ccccc21. The predicted octanol–water partition coefficient (Wildman–Crippen LogP) is 2.26. The van der Waals surface area contributed by atoms with Crippen LogP contribution >= 0.6 is 12.2 Å². The van der Waals surface area contributed by atoms with Gasteiger partial charge in [0.25, 0.3) is 0 Å². The Bertz CT molecular complexity index is 1230. The molecular weight excluding hydrogens is 489 g/mol. The second kappa shape index (κ2) is 7.42. The van der Waals surface area contributed by atoms with Crippen LogP contribution in [0.25, 0.3) is 6.08 Å². The molecule has 0 unspecified atom stereocenters. The average molecular weight is 509 g/mol. The number of carbonyl (C=O) groups is 2. The first-order valence-electron chi connectivity index (χ1n) is 9.83. The summed E-state index contributed by atoms with van der Waals surface area (Å²) in [6.07, 6.45) is 1.68. The summed E-state index contributed by atoms with van der Waals surface area (Å²) in [4.78, 5) is 26.8. The number of thiocarbonyl (C=S) groups is 1. The van der Waals surface area contributed by atoms with Crippen LogP contribution in [0.1, 0.15) is 4.44 Å². The molecule has 1 fully saturated rings. The van der Waals surface area contributed by atoms with Gasteiger partial charge in [0.05, 0.1) is 0 Å². The summed E-state index contributed by atoms with van der Waals surface area (Å²) in [5.74, 6) is -0.916. The van der Waals surface area contributed by atoms with Crippen molar-refractivity contribution in [2.45, 2.75) is 13.1 Å². The number of hydrogen-bond donors (Lipinski definition) is 2. The number of para-hydroxylation sites is 2. The molecule has 2 amide bonds. The van der Waals surface area contributed by atoms with Gasteiger partial charge in [-0.3, -0.25) is 0 Å². The van der Waals surface area contributed by atoms with E-state index >= 15 is 0 Å². The quantitative estimate of drug-likeness (QED) is 0.241. The number of hydrogen-bond acceptors (Lipinski definition) is 4. The fourth-order valence-corrected chi connectivity index (χ4v) is 9.42. The monoisotopic (exact) mass is 509 g/mol. The Balaban J connectivity index is 1.61. The van der Waals surface area contributed by atoms with Gasteiger partial charge < -0.3 is 0 Å². The van der Waals surface area contributed by atoms with Gasteiger partial charge in [-0.2, -0.15) is 0 Å². The van der Waals surface area contributed by atoms with Crippen molar-refractivity contribution in [3.05, 3.63) is 70.7 Å². The summed E-state index contributed by atoms with van der Waals surface area (Å²) in [5, 5.41) is 7.86. The Morgan fingerprint density at radius 2 is 1.42 bits per heavy atom. The van der Waals surface area contributed by atoms with Gasteiger partial charge in [0.1, 0.15) is 0 Å². The van der Waals surface area contributed by atoms with E-state index in [1.807, 2.05) is 6.07 Å². The van der Waals surface area contributed by atoms with Gasteiger partial charge in [-0.15, -0.1) is 0 Å². The molecule has 31 heavy (non-hydrogen) atoms. The van der Waals surface area contributed by atoms with Crippen molar-refractivity contribution in [1.82, 2.24) is 10.6 Å². The van der Waals surface area contributed by atoms with E-state index in [-0.39, 0.29) is 25.2 Å². The molecule has 0 saturated carbocycles. The number of rotatable bonds is 2. The van der Waals surface area contributed by atoms with Crippen molar-refractivity contribution in [1.29, 1.82) is 0 Å². The summed E-state index contributed by atoms with van der Waals surface area (Å²) in [7, 11) is -1.81. The summed E-state index contributed by atoms with van der Waals surface area (Å²) < 4.78 is 2.14. The van der Waals surface area contributed by atoms with E-state index in [2.05, 4.69) is 83.2 Å². The first-order valence-corrected chi connectivity index (χ1v) is 15.0. The first kappa shape index (κ1) is 20.1. The summed E-state index contributed by atoms with van der Waals surface area (Å²) >= 11 is 4.82. The van der Waals surface area contributed by atoms with Crippen LogP contribution in [0.5, 0.6) is 0 Å². The van der Waals surface area contributed by atoms with Crippen molar-refractivity contribution in [3.63, 3.8) is 0 Å². The van der Waals surface area contributed by atoms with E-state index in [1.165, 1.54) is 26.3 Å². The number of fused-ring (bicyclic) bond motifs is 2. The van der Waals surface area contributed by atoms with Gasteiger partial charge in [-0.25, -0.2) is 0 Å². The van der Waals surface area contributed by atoms with Gasteiger partial charge in [0.15, 0.2) is 0 Å². The van der Waals surface area contributed by atoms with Crippen molar-refractivity contribution in [2.75, 3.05) is 4.90 Å². The van der Waals surface area contributed by atoms with Crippen LogP contribution in [-0.4, -0.2) is 39.5 Å². The molecule has 2 aromatic carbocycles. The number of amides is 2. The Morgan fingerprint density at radius 3 is 2.00 bits per heavy atom. The van der Waals surface area contributed by atoms with E-state index in [0.717, 1.165) is 4.44 Å². The third-order valence-electron chi connectivity index (χ3n) is 5.70. The van der Waals surface area contributed by atoms with Crippen molar-refractivity contribution < 1.29 is 9.59 Å². The summed E-state index contributed by atoms with van der Waals surface area (Å²) in [6.45, 7) is 4.80. The molecular formula is C23H19N3O2SSeSi. The van der Waals surface area contributed by atoms with Crippen molar-refractivity contribution in [2.24, 2.45) is 0 Å². The fourth-order valence-electron chi connectivity index (χ4n) is 4.20. The van der Waals surface area contributed by atoms with Gasteiger partial charge in [0.2, 0.25) is 0 Å². The summed E-state index contributed by atoms with van der Waals surface area (Å²) in [5.41, 5.74) is 2.54. The molecule has 5 nitrogen and oxygen atoms in total. The molecule has 0 spiro atoms. The molecule has 2 aliphatic heterocycles. The summed E-state index contributed by atoms with van der Waals surface area (Å²) in [6, 6.07) is 21.4. The van der Waals surface area contributed by atoms with Gasteiger partial charge in [-0.05, 0) is 0 Å². The second-order valence-corrected chi connectivity index (χ2v) is 15.0. The number of carbonyl (C=O) groups excluding carboxylic acids is 2. The molecule has 0 aliphatic carbocycles. The molecule has 0 bridgehead atoms. The minimum absolute atomic E-state index is 0.0465. The van der Waals surface area contributed by atoms with Crippen molar-refractivity contribution in [3.8, 4) is 0 Å². The maximum atomic E-state index is 12.2. The topological polar surface area (TPSA) is 61.4 Å². The minimum atomic E-state index is -1.81. The van der Waals surface area contributed by atoms with Gasteiger partial charge in [0, 0.05) is 0 Å². The predicted molar refractivity (Wildman–Crippen MR) is 132 cm³/mol. The van der Waals surface area contributed by atoms with E-state index in [9.17, 15) is 9.59 Å². The zero-order valence-electron chi connectivity index (χ0n) is 16.9. The molecule has 154 valence electrons. The Labute approximate surface area is 192 Å². The molecule has 0 radical (unpaired) electrons. The molecule has 8 heteroatoms. The van der Waals surface area contributed by atoms with Crippen LogP contribution in [0.4, 0.5) is 15.9 Å². The fraction of sp³-hybridized carbons (Fsp3) is 0.0870. The van der Waals surface area contributed by atoms with Crippen LogP contribution in [0.15, 0.2) is 66.2 Å². The molecule has 3 heterocycles. The third-order valence-corrected chi connectivity index (χ3v) is 11.6. The normalized spacial score (nSPS) is 16.9. The van der Waals surface area contributed by atoms with E-state index < -0.39 is 19.9 Å². The van der Waals surface area contributed by atoms with Crippen molar-refractivity contribution >= 4 is 84.1 Å². The zero-order valence-corrected chi connectivity index (χ0v) is 20.5. The van der Waals surface area contributed by atoms with Crippen LogP contribution in [-0.2, 0) is 9.59 Å². The van der Waals surface area contributed by atoms with Crippen LogP contribution in [0, 0.1) is 0 Å². The van der Waals surface area contributed by atoms with Crippen LogP contribution in [0.3, 0.4) is 0 Å². The Morgan fingerprint density at radius 1 is 0.871 bits per heavy atom. The first-order chi connectivity index (χ1) is 14.9. The Hall–Kier alpha value is -2.77. The molecule has 5 rings (SSSR count). The molecule has 0 atom stereocenters. The average Bonchev–Trinajstić information content (AvgIpc) is 3.19. The standard InChI is InChI=1S/C23H19N3O2SSeSi/c1-31(2)18-9-5-3-7-16(18)26(17-8-4-6-10-19(17)31)20-12-11-14(30-20)13-15-21(27)24-23(29)25-22(15)28/h3-13H,1-2H3,(H2,24,25,27,28,29). The number of benzene rings is 2. The molecule has 1 aromatic heterocycles. The molecule has 1 saturated heterocycles. The maximum absolute atomic E-state index is 12.2.